The molecule has 1 aliphatic rings. The number of morpholine rings is 1. The first-order valence-electron chi connectivity index (χ1n) is 6.32. The largest absolute Gasteiger partial charge is 0.489 e. The Labute approximate surface area is 129 Å². The molecule has 1 atom stereocenters. The summed E-state index contributed by atoms with van der Waals surface area (Å²) in [5, 5.41) is 10.00. The van der Waals surface area contributed by atoms with E-state index in [0.29, 0.717) is 13.2 Å². The van der Waals surface area contributed by atoms with Crippen LogP contribution in [0.4, 0.5) is 0 Å². The van der Waals surface area contributed by atoms with Crippen LogP contribution in [0, 0.1) is 0 Å². The third-order valence-corrected chi connectivity index (χ3v) is 4.16. The van der Waals surface area contributed by atoms with Crippen molar-refractivity contribution in [2.24, 2.45) is 0 Å². The lowest BCUT2D eigenvalue weighted by molar-refractivity contribution is -0.911. The zero-order valence-electron chi connectivity index (χ0n) is 10.6. The fourth-order valence-electron chi connectivity index (χ4n) is 2.03. The van der Waals surface area contributed by atoms with E-state index in [4.69, 9.17) is 9.47 Å². The Kier molecular flexibility index (Phi) is 6.09. The van der Waals surface area contributed by atoms with E-state index >= 15 is 0 Å². The Hall–Kier alpha value is -0.140. The fourth-order valence-corrected chi connectivity index (χ4v) is 3.20. The molecule has 0 unspecified atom stereocenters. The molecule has 1 aliphatic heterocycles. The number of rotatable bonds is 5. The third-order valence-electron chi connectivity index (χ3n) is 3.05. The van der Waals surface area contributed by atoms with E-state index in [9.17, 15) is 5.11 Å². The Morgan fingerprint density at radius 2 is 2.05 bits per heavy atom. The van der Waals surface area contributed by atoms with Crippen LogP contribution in [0.25, 0.3) is 0 Å². The van der Waals surface area contributed by atoms with Crippen molar-refractivity contribution < 1.29 is 19.5 Å². The van der Waals surface area contributed by atoms with Crippen LogP contribution in [0.1, 0.15) is 0 Å². The van der Waals surface area contributed by atoms with Crippen LogP contribution in [-0.4, -0.2) is 50.7 Å². The molecule has 0 spiro atoms. The van der Waals surface area contributed by atoms with Crippen LogP contribution in [0.5, 0.6) is 5.75 Å². The van der Waals surface area contributed by atoms with E-state index in [2.05, 4.69) is 31.9 Å². The molecule has 1 aromatic carbocycles. The Balaban J connectivity index is 1.77. The summed E-state index contributed by atoms with van der Waals surface area (Å²) in [6.07, 6.45) is -0.455. The summed E-state index contributed by atoms with van der Waals surface area (Å²) in [6, 6.07) is 5.72. The first-order chi connectivity index (χ1) is 9.15. The summed E-state index contributed by atoms with van der Waals surface area (Å²) in [6.45, 7) is 4.49. The average Bonchev–Trinajstić information content (AvgIpc) is 2.39. The van der Waals surface area contributed by atoms with Crippen LogP contribution >= 0.6 is 31.9 Å². The number of quaternary nitrogens is 1. The molecular weight excluding hydrogens is 378 g/mol. The number of benzene rings is 1. The van der Waals surface area contributed by atoms with E-state index in [0.717, 1.165) is 41.0 Å². The number of aliphatic hydroxyl groups is 1. The zero-order chi connectivity index (χ0) is 13.7. The molecule has 6 heteroatoms. The zero-order valence-corrected chi connectivity index (χ0v) is 13.7. The van der Waals surface area contributed by atoms with Crippen LogP contribution in [0.3, 0.4) is 0 Å². The molecule has 0 aliphatic carbocycles. The lowest BCUT2D eigenvalue weighted by atomic mass is 10.3. The van der Waals surface area contributed by atoms with Crippen molar-refractivity contribution in [1.82, 2.24) is 0 Å². The second-order valence-corrected chi connectivity index (χ2v) is 6.38. The summed E-state index contributed by atoms with van der Waals surface area (Å²) < 4.78 is 12.8. The Morgan fingerprint density at radius 1 is 1.32 bits per heavy atom. The lowest BCUT2D eigenvalue weighted by Crippen LogP contribution is -3.15. The van der Waals surface area contributed by atoms with Gasteiger partial charge in [0.2, 0.25) is 0 Å². The summed E-state index contributed by atoms with van der Waals surface area (Å²) in [5.41, 5.74) is 0. The fraction of sp³-hybridized carbons (Fsp3) is 0.538. The van der Waals surface area contributed by atoms with Gasteiger partial charge in [0.25, 0.3) is 0 Å². The Bertz CT molecular complexity index is 411. The number of halogens is 2. The van der Waals surface area contributed by atoms with Gasteiger partial charge in [0, 0.05) is 4.47 Å². The Morgan fingerprint density at radius 3 is 2.74 bits per heavy atom. The maximum absolute atomic E-state index is 10.00. The molecule has 0 bridgehead atoms. The predicted octanol–water partition coefficient (Wildman–Crippen LogP) is 0.866. The van der Waals surface area contributed by atoms with Gasteiger partial charge in [-0.05, 0) is 34.1 Å². The van der Waals surface area contributed by atoms with Crippen molar-refractivity contribution >= 4 is 31.9 Å². The predicted molar refractivity (Wildman–Crippen MR) is 79.7 cm³/mol. The van der Waals surface area contributed by atoms with E-state index in [-0.39, 0.29) is 0 Å². The highest BCUT2D eigenvalue weighted by Crippen LogP contribution is 2.28. The molecule has 2 rings (SSSR count). The van der Waals surface area contributed by atoms with Crippen LogP contribution in [-0.2, 0) is 4.74 Å². The topological polar surface area (TPSA) is 43.1 Å². The van der Waals surface area contributed by atoms with Crippen molar-refractivity contribution in [3.63, 3.8) is 0 Å². The highest BCUT2D eigenvalue weighted by molar-refractivity contribution is 9.11. The van der Waals surface area contributed by atoms with Gasteiger partial charge in [0.1, 0.15) is 38.1 Å². The first-order valence-corrected chi connectivity index (χ1v) is 7.91. The van der Waals surface area contributed by atoms with Crippen molar-refractivity contribution in [3.05, 3.63) is 27.1 Å². The molecule has 4 nitrogen and oxygen atoms in total. The highest BCUT2D eigenvalue weighted by Gasteiger charge is 2.18. The second kappa shape index (κ2) is 7.59. The molecule has 1 fully saturated rings. The number of hydrogen-bond donors (Lipinski definition) is 2. The minimum atomic E-state index is -0.455. The minimum absolute atomic E-state index is 0.310. The quantitative estimate of drug-likeness (QED) is 0.777. The molecule has 2 N–H and O–H groups in total. The van der Waals surface area contributed by atoms with E-state index < -0.39 is 6.10 Å². The smallest absolute Gasteiger partial charge is 0.137 e. The van der Waals surface area contributed by atoms with Gasteiger partial charge in [0.05, 0.1) is 17.7 Å². The first kappa shape index (κ1) is 15.3. The number of ether oxygens (including phenoxy) is 2. The van der Waals surface area contributed by atoms with E-state index in [1.54, 1.807) is 0 Å². The molecule has 1 saturated heterocycles. The van der Waals surface area contributed by atoms with Crippen molar-refractivity contribution in [2.45, 2.75) is 6.10 Å². The van der Waals surface area contributed by atoms with Crippen LogP contribution < -0.4 is 9.64 Å². The van der Waals surface area contributed by atoms with Gasteiger partial charge >= 0.3 is 0 Å². The van der Waals surface area contributed by atoms with Gasteiger partial charge in [-0.25, -0.2) is 0 Å². The van der Waals surface area contributed by atoms with E-state index in [1.807, 2.05) is 18.2 Å². The monoisotopic (exact) mass is 394 g/mol. The molecule has 0 amide bonds. The van der Waals surface area contributed by atoms with Crippen molar-refractivity contribution in [2.75, 3.05) is 39.5 Å². The van der Waals surface area contributed by atoms with Gasteiger partial charge in [-0.2, -0.15) is 0 Å². The summed E-state index contributed by atoms with van der Waals surface area (Å²) in [5.74, 6) is 0.749. The van der Waals surface area contributed by atoms with Crippen LogP contribution in [0.2, 0.25) is 0 Å². The van der Waals surface area contributed by atoms with Gasteiger partial charge in [-0.3, -0.25) is 0 Å². The SMILES string of the molecule is O[C@H](COc1ccc(Br)cc1Br)C[NH+]1CCOCC1. The van der Waals surface area contributed by atoms with Crippen molar-refractivity contribution in [1.29, 1.82) is 0 Å². The number of hydrogen-bond acceptors (Lipinski definition) is 3. The number of aliphatic hydroxyl groups excluding tert-OH is 1. The normalized spacial score (nSPS) is 18.3. The lowest BCUT2D eigenvalue weighted by Gasteiger charge is -2.25. The standard InChI is InChI=1S/C13H17Br2NO3/c14-10-1-2-13(12(15)7-10)19-9-11(17)8-16-3-5-18-6-4-16/h1-2,7,11,17H,3-6,8-9H2/p+1/t11-/m0/s1. The number of nitrogens with one attached hydrogen (secondary N) is 1. The van der Waals surface area contributed by atoms with Crippen LogP contribution in [0.15, 0.2) is 27.1 Å². The third kappa shape index (κ3) is 5.04. The molecule has 0 aromatic heterocycles. The van der Waals surface area contributed by atoms with Gasteiger partial charge in [0.15, 0.2) is 0 Å². The highest BCUT2D eigenvalue weighted by atomic mass is 79.9. The molecule has 1 aromatic rings. The molecule has 0 radical (unpaired) electrons. The molecule has 106 valence electrons. The molecule has 1 heterocycles. The summed E-state index contributed by atoms with van der Waals surface area (Å²) in [7, 11) is 0. The second-order valence-electron chi connectivity index (χ2n) is 4.61. The van der Waals surface area contributed by atoms with Gasteiger partial charge in [-0.1, -0.05) is 15.9 Å². The minimum Gasteiger partial charge on any atom is -0.489 e. The summed E-state index contributed by atoms with van der Waals surface area (Å²) >= 11 is 6.83. The molecule has 19 heavy (non-hydrogen) atoms. The maximum Gasteiger partial charge on any atom is 0.137 e. The van der Waals surface area contributed by atoms with Gasteiger partial charge < -0.3 is 19.5 Å². The van der Waals surface area contributed by atoms with Gasteiger partial charge in [-0.15, -0.1) is 0 Å². The maximum atomic E-state index is 10.00. The average molecular weight is 396 g/mol. The molecule has 0 saturated carbocycles. The van der Waals surface area contributed by atoms with Crippen molar-refractivity contribution in [3.8, 4) is 5.75 Å². The summed E-state index contributed by atoms with van der Waals surface area (Å²) in [4.78, 5) is 1.37. The van der Waals surface area contributed by atoms with E-state index in [1.165, 1.54) is 4.90 Å². The molecular formula is C13H18Br2NO3+.